The molecule has 2 amide bonds. The number of hydrogen-bond acceptors (Lipinski definition) is 4. The number of amides is 2. The fraction of sp³-hybridized carbons (Fsp3) is 0.276. The number of hydrogen-bond donors (Lipinski definition) is 3. The first-order chi connectivity index (χ1) is 18.0. The number of carbonyl (C=O) groups excluding carboxylic acids is 1. The predicted molar refractivity (Wildman–Crippen MR) is 139 cm³/mol. The van der Waals surface area contributed by atoms with Crippen LogP contribution in [0, 0.1) is 0 Å². The van der Waals surface area contributed by atoms with Crippen LogP contribution in [0.1, 0.15) is 59.2 Å². The molecule has 1 saturated carbocycles. The number of fused-ring (bicyclic) bond motifs is 2. The van der Waals surface area contributed by atoms with Gasteiger partial charge in [-0.25, -0.2) is 14.7 Å². The monoisotopic (exact) mass is 496 g/mol. The number of nitrogens with zero attached hydrogens (tertiary/aromatic N) is 3. The molecule has 0 bridgehead atoms. The summed E-state index contributed by atoms with van der Waals surface area (Å²) in [4.78, 5) is 36.2. The summed E-state index contributed by atoms with van der Waals surface area (Å²) in [6.07, 6.45) is 3.69. The third-order valence-corrected chi connectivity index (χ3v) is 7.60. The molecule has 1 aliphatic carbocycles. The van der Waals surface area contributed by atoms with Gasteiger partial charge in [0.05, 0.1) is 11.0 Å². The summed E-state index contributed by atoms with van der Waals surface area (Å²) in [6.45, 7) is 0.225. The molecule has 1 fully saturated rings. The van der Waals surface area contributed by atoms with E-state index >= 15 is 0 Å². The molecule has 2 heterocycles. The zero-order chi connectivity index (χ0) is 25.6. The number of benzene rings is 3. The van der Waals surface area contributed by atoms with E-state index in [0.29, 0.717) is 27.7 Å². The summed E-state index contributed by atoms with van der Waals surface area (Å²) in [5.41, 5.74) is 1.85. The Hall–Kier alpha value is -4.17. The van der Waals surface area contributed by atoms with Crippen molar-refractivity contribution in [3.05, 3.63) is 95.1 Å². The highest BCUT2D eigenvalue weighted by atomic mass is 16.4. The highest BCUT2D eigenvalue weighted by Crippen LogP contribution is 2.43. The van der Waals surface area contributed by atoms with Gasteiger partial charge in [-0.05, 0) is 36.6 Å². The van der Waals surface area contributed by atoms with Crippen LogP contribution in [0.25, 0.3) is 11.0 Å². The van der Waals surface area contributed by atoms with E-state index in [0.717, 1.165) is 37.7 Å². The lowest BCUT2D eigenvalue weighted by molar-refractivity contribution is -0.0542. The van der Waals surface area contributed by atoms with Crippen molar-refractivity contribution in [2.75, 3.05) is 4.90 Å². The summed E-state index contributed by atoms with van der Waals surface area (Å²) in [5.74, 6) is 0.0293. The van der Waals surface area contributed by atoms with Crippen LogP contribution in [0.3, 0.4) is 0 Å². The zero-order valence-electron chi connectivity index (χ0n) is 20.3. The van der Waals surface area contributed by atoms with E-state index in [2.05, 4.69) is 9.97 Å². The summed E-state index contributed by atoms with van der Waals surface area (Å²) < 4.78 is 0. The highest BCUT2D eigenvalue weighted by Gasteiger charge is 2.49. The Bertz CT molecular complexity index is 1480. The van der Waals surface area contributed by atoms with Crippen LogP contribution in [-0.4, -0.2) is 43.1 Å². The number of aromatic nitrogens is 2. The molecule has 8 nitrogen and oxygen atoms in total. The maximum atomic E-state index is 13.5. The van der Waals surface area contributed by atoms with Crippen LogP contribution >= 0.6 is 0 Å². The molecule has 1 aliphatic heterocycles. The highest BCUT2D eigenvalue weighted by molar-refractivity contribution is 6.00. The summed E-state index contributed by atoms with van der Waals surface area (Å²) in [6, 6.07) is 21.8. The maximum Gasteiger partial charge on any atom is 0.414 e. The molecule has 8 heteroatoms. The van der Waals surface area contributed by atoms with Gasteiger partial charge in [0.2, 0.25) is 5.95 Å². The maximum absolute atomic E-state index is 13.5. The first kappa shape index (κ1) is 23.2. The predicted octanol–water partition coefficient (Wildman–Crippen LogP) is 5.23. The molecule has 2 aliphatic rings. The molecule has 0 spiro atoms. The molecular formula is C29H28N4O4. The van der Waals surface area contributed by atoms with Gasteiger partial charge >= 0.3 is 6.09 Å². The first-order valence-electron chi connectivity index (χ1n) is 12.7. The third-order valence-electron chi connectivity index (χ3n) is 7.60. The van der Waals surface area contributed by atoms with E-state index in [9.17, 15) is 19.8 Å². The van der Waals surface area contributed by atoms with Crippen molar-refractivity contribution >= 4 is 29.0 Å². The fourth-order valence-electron chi connectivity index (χ4n) is 5.76. The van der Waals surface area contributed by atoms with Gasteiger partial charge in [0, 0.05) is 29.3 Å². The molecule has 188 valence electrons. The minimum atomic E-state index is -1.70. The molecule has 1 atom stereocenters. The van der Waals surface area contributed by atoms with Gasteiger partial charge < -0.3 is 15.2 Å². The van der Waals surface area contributed by atoms with Gasteiger partial charge in [0.15, 0.2) is 5.72 Å². The Morgan fingerprint density at radius 1 is 1.03 bits per heavy atom. The van der Waals surface area contributed by atoms with Crippen molar-refractivity contribution in [1.82, 2.24) is 14.9 Å². The van der Waals surface area contributed by atoms with E-state index in [1.807, 2.05) is 36.4 Å². The zero-order valence-corrected chi connectivity index (χ0v) is 20.3. The van der Waals surface area contributed by atoms with E-state index in [1.54, 1.807) is 36.4 Å². The van der Waals surface area contributed by atoms with Crippen LogP contribution in [0.15, 0.2) is 72.8 Å². The van der Waals surface area contributed by atoms with Crippen molar-refractivity contribution < 1.29 is 19.8 Å². The van der Waals surface area contributed by atoms with Crippen LogP contribution in [0.5, 0.6) is 0 Å². The summed E-state index contributed by atoms with van der Waals surface area (Å²) >= 11 is 0. The van der Waals surface area contributed by atoms with Crippen molar-refractivity contribution in [3.8, 4) is 0 Å². The van der Waals surface area contributed by atoms with Gasteiger partial charge in [0.1, 0.15) is 0 Å². The fourth-order valence-corrected chi connectivity index (χ4v) is 5.76. The van der Waals surface area contributed by atoms with Crippen molar-refractivity contribution in [3.63, 3.8) is 0 Å². The second kappa shape index (κ2) is 9.05. The Morgan fingerprint density at radius 2 is 1.76 bits per heavy atom. The average Bonchev–Trinajstić information content (AvgIpc) is 3.43. The lowest BCUT2D eigenvalue weighted by atomic mass is 9.93. The normalized spacial score (nSPS) is 19.8. The number of aromatic amines is 1. The Labute approximate surface area is 214 Å². The van der Waals surface area contributed by atoms with Gasteiger partial charge in [-0.1, -0.05) is 73.9 Å². The molecule has 3 aromatic carbocycles. The summed E-state index contributed by atoms with van der Waals surface area (Å²) in [5, 5.41) is 22.2. The second-order valence-corrected chi connectivity index (χ2v) is 9.83. The Morgan fingerprint density at radius 3 is 2.51 bits per heavy atom. The Balaban J connectivity index is 1.43. The van der Waals surface area contributed by atoms with Gasteiger partial charge in [-0.3, -0.25) is 9.69 Å². The lowest BCUT2D eigenvalue weighted by Gasteiger charge is -2.35. The van der Waals surface area contributed by atoms with E-state index in [-0.39, 0.29) is 24.4 Å². The first-order valence-corrected chi connectivity index (χ1v) is 12.7. The minimum Gasteiger partial charge on any atom is -0.465 e. The SMILES string of the molecule is O=C(O)N(c1nc2cc(C3(O)c4ccccc4C(=O)N3Cc3ccccc3)ccc2[nH]1)C1CCCCC1. The van der Waals surface area contributed by atoms with E-state index in [4.69, 9.17) is 0 Å². The number of anilines is 1. The van der Waals surface area contributed by atoms with Crippen LogP contribution in [0.2, 0.25) is 0 Å². The standard InChI is InChI=1S/C29H28N4O4/c34-26-22-13-7-8-14-23(22)29(37,32(26)18-19-9-3-1-4-10-19)20-15-16-24-25(17-20)31-27(30-24)33(28(35)36)21-11-5-2-6-12-21/h1,3-4,7-10,13-17,21,37H,2,5-6,11-12,18H2,(H,30,31)(H,35,36). The average molecular weight is 497 g/mol. The second-order valence-electron chi connectivity index (χ2n) is 9.83. The molecule has 1 unspecified atom stereocenters. The molecule has 0 saturated heterocycles. The number of aliphatic hydroxyl groups is 1. The van der Waals surface area contributed by atoms with Crippen molar-refractivity contribution in [2.45, 2.75) is 50.4 Å². The topological polar surface area (TPSA) is 110 Å². The molecule has 4 aromatic rings. The molecule has 37 heavy (non-hydrogen) atoms. The lowest BCUT2D eigenvalue weighted by Crippen LogP contribution is -2.44. The van der Waals surface area contributed by atoms with E-state index in [1.165, 1.54) is 9.80 Å². The Kier molecular flexibility index (Phi) is 5.68. The van der Waals surface area contributed by atoms with Gasteiger partial charge in [-0.15, -0.1) is 0 Å². The number of carbonyl (C=O) groups is 2. The molecule has 1 aromatic heterocycles. The smallest absolute Gasteiger partial charge is 0.414 e. The number of H-pyrrole nitrogens is 1. The van der Waals surface area contributed by atoms with Crippen LogP contribution < -0.4 is 4.90 Å². The third kappa shape index (κ3) is 3.84. The number of imidazole rings is 1. The molecular weight excluding hydrogens is 468 g/mol. The summed E-state index contributed by atoms with van der Waals surface area (Å²) in [7, 11) is 0. The van der Waals surface area contributed by atoms with Gasteiger partial charge in [-0.2, -0.15) is 0 Å². The van der Waals surface area contributed by atoms with E-state index < -0.39 is 11.8 Å². The molecule has 0 radical (unpaired) electrons. The number of rotatable bonds is 5. The largest absolute Gasteiger partial charge is 0.465 e. The van der Waals surface area contributed by atoms with Crippen LogP contribution in [0.4, 0.5) is 10.7 Å². The van der Waals surface area contributed by atoms with Crippen molar-refractivity contribution in [1.29, 1.82) is 0 Å². The van der Waals surface area contributed by atoms with Crippen molar-refractivity contribution in [2.24, 2.45) is 0 Å². The molecule has 6 rings (SSSR count). The minimum absolute atomic E-state index is 0.115. The molecule has 3 N–H and O–H groups in total. The quantitative estimate of drug-likeness (QED) is 0.351. The number of carboxylic acid groups (broad SMARTS) is 1. The van der Waals surface area contributed by atoms with Gasteiger partial charge in [0.25, 0.3) is 5.91 Å². The number of nitrogens with one attached hydrogen (secondary N) is 1. The van der Waals surface area contributed by atoms with Crippen LogP contribution in [-0.2, 0) is 12.3 Å².